The van der Waals surface area contributed by atoms with Crippen LogP contribution in [0.25, 0.3) is 0 Å². The molecule has 0 aromatic carbocycles. The van der Waals surface area contributed by atoms with E-state index in [1.165, 1.54) is 24.3 Å². The van der Waals surface area contributed by atoms with Crippen molar-refractivity contribution in [2.45, 2.75) is 36.2 Å². The summed E-state index contributed by atoms with van der Waals surface area (Å²) < 4.78 is 0.900. The first kappa shape index (κ1) is 13.5. The number of thioether (sulfide) groups is 2. The van der Waals surface area contributed by atoms with E-state index in [4.69, 9.17) is 16.6 Å². The van der Waals surface area contributed by atoms with E-state index in [9.17, 15) is 0 Å². The number of aromatic nitrogens is 2. The molecule has 2 nitrogen and oxygen atoms in total. The Hall–Kier alpha value is 0.550. The van der Waals surface area contributed by atoms with Crippen molar-refractivity contribution in [3.8, 4) is 0 Å². The molecule has 1 saturated carbocycles. The van der Waals surface area contributed by atoms with Gasteiger partial charge in [0.25, 0.3) is 0 Å². The maximum atomic E-state index is 6.24. The average Bonchev–Trinajstić information content (AvgIpc) is 3.17. The lowest BCUT2D eigenvalue weighted by Gasteiger charge is -2.27. The van der Waals surface area contributed by atoms with Crippen LogP contribution in [0.15, 0.2) is 4.47 Å². The molecule has 0 spiro atoms. The van der Waals surface area contributed by atoms with Gasteiger partial charge in [0.05, 0.1) is 15.4 Å². The smallest absolute Gasteiger partial charge is 0.147 e. The van der Waals surface area contributed by atoms with Gasteiger partial charge in [0.1, 0.15) is 11.0 Å². The van der Waals surface area contributed by atoms with E-state index >= 15 is 0 Å². The monoisotopic (exact) mass is 364 g/mol. The van der Waals surface area contributed by atoms with Crippen LogP contribution in [0.3, 0.4) is 0 Å². The Bertz CT molecular complexity index is 468. The first-order valence-electron chi connectivity index (χ1n) is 6.13. The molecule has 6 heteroatoms. The second-order valence-corrected chi connectivity index (χ2v) is 8.60. The van der Waals surface area contributed by atoms with Gasteiger partial charge in [-0.05, 0) is 28.8 Å². The highest BCUT2D eigenvalue weighted by Crippen LogP contribution is 2.46. The van der Waals surface area contributed by atoms with E-state index in [1.807, 2.05) is 23.5 Å². The Morgan fingerprint density at radius 3 is 2.61 bits per heavy atom. The lowest BCUT2D eigenvalue weighted by molar-refractivity contribution is 0.798. The van der Waals surface area contributed by atoms with E-state index < -0.39 is 0 Å². The van der Waals surface area contributed by atoms with E-state index in [0.717, 1.165) is 16.0 Å². The maximum Gasteiger partial charge on any atom is 0.147 e. The van der Waals surface area contributed by atoms with Gasteiger partial charge in [-0.25, -0.2) is 9.97 Å². The minimum Gasteiger partial charge on any atom is -0.235 e. The van der Waals surface area contributed by atoms with Crippen molar-refractivity contribution in [3.05, 3.63) is 21.1 Å². The predicted octanol–water partition coefficient (Wildman–Crippen LogP) is 4.68. The van der Waals surface area contributed by atoms with E-state index in [0.29, 0.717) is 21.6 Å². The summed E-state index contributed by atoms with van der Waals surface area (Å²) in [5, 5.41) is 1.52. The summed E-state index contributed by atoms with van der Waals surface area (Å²) in [5.41, 5.74) is 1.12. The van der Waals surface area contributed by atoms with Crippen LogP contribution >= 0.6 is 51.1 Å². The van der Waals surface area contributed by atoms with E-state index in [-0.39, 0.29) is 0 Å². The van der Waals surface area contributed by atoms with Gasteiger partial charge in [-0.15, -0.1) is 11.8 Å². The van der Waals surface area contributed by atoms with Gasteiger partial charge in [0, 0.05) is 22.7 Å². The Morgan fingerprint density at radius 2 is 1.94 bits per heavy atom. The molecule has 1 aliphatic heterocycles. The van der Waals surface area contributed by atoms with Crippen molar-refractivity contribution in [1.29, 1.82) is 0 Å². The van der Waals surface area contributed by atoms with Crippen molar-refractivity contribution in [1.82, 2.24) is 9.97 Å². The molecule has 1 saturated heterocycles. The molecular formula is C12H14BrClN2S2. The van der Waals surface area contributed by atoms with Crippen LogP contribution in [-0.4, -0.2) is 26.7 Å². The number of hydrogen-bond acceptors (Lipinski definition) is 4. The van der Waals surface area contributed by atoms with E-state index in [1.54, 1.807) is 0 Å². The van der Waals surface area contributed by atoms with Crippen molar-refractivity contribution < 1.29 is 0 Å². The Morgan fingerprint density at radius 1 is 1.22 bits per heavy atom. The molecule has 2 heterocycles. The molecule has 2 unspecified atom stereocenters. The third kappa shape index (κ3) is 2.69. The molecule has 18 heavy (non-hydrogen) atoms. The molecule has 1 aromatic heterocycles. The summed E-state index contributed by atoms with van der Waals surface area (Å²) in [6.07, 6.45) is 2.46. The van der Waals surface area contributed by atoms with Crippen LogP contribution in [0.1, 0.15) is 42.5 Å². The fourth-order valence-electron chi connectivity index (χ4n) is 2.12. The largest absolute Gasteiger partial charge is 0.235 e. The molecule has 2 aliphatic rings. The minimum absolute atomic E-state index is 0.381. The quantitative estimate of drug-likeness (QED) is 0.711. The van der Waals surface area contributed by atoms with E-state index in [2.05, 4.69) is 27.8 Å². The molecule has 3 rings (SSSR count). The Labute approximate surface area is 129 Å². The molecule has 2 fully saturated rings. The molecule has 1 aromatic rings. The first-order valence-corrected chi connectivity index (χ1v) is 9.39. The third-order valence-corrected chi connectivity index (χ3v) is 7.63. The van der Waals surface area contributed by atoms with Gasteiger partial charge < -0.3 is 0 Å². The molecule has 1 aliphatic carbocycles. The van der Waals surface area contributed by atoms with Crippen molar-refractivity contribution in [3.63, 3.8) is 0 Å². The molecule has 2 atom stereocenters. The van der Waals surface area contributed by atoms with Gasteiger partial charge in [0.15, 0.2) is 0 Å². The second kappa shape index (κ2) is 5.51. The van der Waals surface area contributed by atoms with Gasteiger partial charge in [-0.3, -0.25) is 0 Å². The molecule has 0 N–H and O–H groups in total. The van der Waals surface area contributed by atoms with Crippen LogP contribution < -0.4 is 0 Å². The van der Waals surface area contributed by atoms with Crippen LogP contribution in [0.4, 0.5) is 0 Å². The van der Waals surface area contributed by atoms with Crippen LogP contribution in [0.5, 0.6) is 0 Å². The highest BCUT2D eigenvalue weighted by Gasteiger charge is 2.32. The minimum atomic E-state index is 0.381. The van der Waals surface area contributed by atoms with Crippen LogP contribution in [-0.2, 0) is 0 Å². The SMILES string of the molecule is CC1SCCSC1c1nc(Cl)c(Br)c(C2CC2)n1. The fourth-order valence-corrected chi connectivity index (χ4v) is 5.50. The van der Waals surface area contributed by atoms with Gasteiger partial charge in [-0.1, -0.05) is 18.5 Å². The summed E-state index contributed by atoms with van der Waals surface area (Å²) in [6.45, 7) is 2.26. The fraction of sp³-hybridized carbons (Fsp3) is 0.667. The van der Waals surface area contributed by atoms with Crippen molar-refractivity contribution in [2.75, 3.05) is 11.5 Å². The average molecular weight is 366 g/mol. The normalized spacial score (nSPS) is 28.4. The maximum absolute atomic E-state index is 6.24. The summed E-state index contributed by atoms with van der Waals surface area (Å²) in [4.78, 5) is 9.28. The topological polar surface area (TPSA) is 25.8 Å². The summed E-state index contributed by atoms with van der Waals surface area (Å²) >= 11 is 13.7. The molecule has 0 bridgehead atoms. The molecule has 98 valence electrons. The number of nitrogens with zero attached hydrogens (tertiary/aromatic N) is 2. The van der Waals surface area contributed by atoms with Gasteiger partial charge >= 0.3 is 0 Å². The predicted molar refractivity (Wildman–Crippen MR) is 83.8 cm³/mol. The Balaban J connectivity index is 1.96. The van der Waals surface area contributed by atoms with Crippen LogP contribution in [0.2, 0.25) is 5.15 Å². The van der Waals surface area contributed by atoms with Gasteiger partial charge in [-0.2, -0.15) is 11.8 Å². The standard InChI is InChI=1S/C12H14BrClN2S2/c1-6-10(18-5-4-17-6)12-15-9(7-2-3-7)8(13)11(14)16-12/h6-7,10H,2-5H2,1H3. The van der Waals surface area contributed by atoms with Crippen molar-refractivity contribution >= 4 is 51.1 Å². The number of rotatable bonds is 2. The lowest BCUT2D eigenvalue weighted by Crippen LogP contribution is -2.19. The zero-order valence-electron chi connectivity index (χ0n) is 10.0. The highest BCUT2D eigenvalue weighted by molar-refractivity contribution is 9.10. The summed E-state index contributed by atoms with van der Waals surface area (Å²) in [6, 6.07) is 0. The number of hydrogen-bond donors (Lipinski definition) is 0. The summed E-state index contributed by atoms with van der Waals surface area (Å²) in [5.74, 6) is 3.92. The molecule has 0 radical (unpaired) electrons. The third-order valence-electron chi connectivity index (χ3n) is 3.26. The summed E-state index contributed by atoms with van der Waals surface area (Å²) in [7, 11) is 0. The zero-order valence-corrected chi connectivity index (χ0v) is 14.0. The Kier molecular flexibility index (Phi) is 4.14. The molecular weight excluding hydrogens is 352 g/mol. The lowest BCUT2D eigenvalue weighted by atomic mass is 10.2. The zero-order chi connectivity index (χ0) is 12.7. The van der Waals surface area contributed by atoms with Gasteiger partial charge in [0.2, 0.25) is 0 Å². The van der Waals surface area contributed by atoms with Crippen LogP contribution in [0, 0.1) is 0 Å². The number of halogens is 2. The first-order chi connectivity index (χ1) is 8.66. The highest BCUT2D eigenvalue weighted by atomic mass is 79.9. The van der Waals surface area contributed by atoms with Crippen molar-refractivity contribution in [2.24, 2.45) is 0 Å². The second-order valence-electron chi connectivity index (χ2n) is 4.71. The molecule has 0 amide bonds.